The quantitative estimate of drug-likeness (QED) is 0.227. The third-order valence-electron chi connectivity index (χ3n) is 7.42. The van der Waals surface area contributed by atoms with Gasteiger partial charge in [-0.05, 0) is 43.7 Å². The molecule has 15 nitrogen and oxygen atoms in total. The second-order valence-corrected chi connectivity index (χ2v) is 10.0. The number of non-ortho nitro benzene ring substituents is 1. The van der Waals surface area contributed by atoms with Gasteiger partial charge in [-0.25, -0.2) is 19.7 Å². The highest BCUT2D eigenvalue weighted by Gasteiger charge is 2.44. The van der Waals surface area contributed by atoms with Gasteiger partial charge in [-0.3, -0.25) is 14.7 Å². The second-order valence-electron chi connectivity index (χ2n) is 10.0. The molecule has 0 bridgehead atoms. The predicted molar refractivity (Wildman–Crippen MR) is 139 cm³/mol. The summed E-state index contributed by atoms with van der Waals surface area (Å²) in [7, 11) is 0. The molecule has 2 aliphatic heterocycles. The van der Waals surface area contributed by atoms with Gasteiger partial charge in [0.2, 0.25) is 0 Å². The summed E-state index contributed by atoms with van der Waals surface area (Å²) >= 11 is 0. The molecule has 0 spiro atoms. The number of imidazole rings is 1. The molecule has 4 heterocycles. The van der Waals surface area contributed by atoms with Gasteiger partial charge in [0.15, 0.2) is 17.7 Å². The Morgan fingerprint density at radius 1 is 1.18 bits per heavy atom. The highest BCUT2D eigenvalue weighted by Crippen LogP contribution is 2.32. The lowest BCUT2D eigenvalue weighted by atomic mass is 9.91. The van der Waals surface area contributed by atoms with Gasteiger partial charge < -0.3 is 35.4 Å². The monoisotopic (exact) mass is 557 g/mol. The van der Waals surface area contributed by atoms with Gasteiger partial charge in [-0.1, -0.05) is 0 Å². The van der Waals surface area contributed by atoms with Gasteiger partial charge in [0.25, 0.3) is 5.69 Å². The molecular formula is C25H31N7O8. The van der Waals surface area contributed by atoms with Crippen molar-refractivity contribution >= 4 is 28.8 Å². The Balaban J connectivity index is 1.13. The number of amides is 1. The van der Waals surface area contributed by atoms with E-state index in [4.69, 9.17) is 15.2 Å². The number of carbonyl (C=O) groups is 1. The summed E-state index contributed by atoms with van der Waals surface area (Å²) in [5, 5.41) is 40.7. The topological polar surface area (TPSA) is 212 Å². The molecule has 40 heavy (non-hydrogen) atoms. The summed E-state index contributed by atoms with van der Waals surface area (Å²) in [6, 6.07) is 5.39. The van der Waals surface area contributed by atoms with Crippen molar-refractivity contribution in [1.82, 2.24) is 24.4 Å². The number of piperidine rings is 1. The normalized spacial score (nSPS) is 23.5. The van der Waals surface area contributed by atoms with Crippen LogP contribution in [0.1, 0.15) is 37.7 Å². The Hall–Kier alpha value is -3.92. The van der Waals surface area contributed by atoms with Crippen LogP contribution in [0.5, 0.6) is 5.75 Å². The Kier molecular flexibility index (Phi) is 8.07. The standard InChI is InChI=1S/C25H31N7O8/c26-22-19-23(31(13-27-19)24-21(35)20(34)17(12-33)40-24)29-18(28-22)3-1-2-14-8-10-30(11-9-14)25(36)39-16-6-4-15(5-7-16)32(37)38/h4-7,13-14,17,20-21,24,33-35H,1-3,8-12H2,(H2,26,28,29)/t17-,20-,21-,24-/m1/s1. The molecule has 2 aliphatic rings. The van der Waals surface area contributed by atoms with E-state index in [1.807, 2.05) is 0 Å². The second kappa shape index (κ2) is 11.7. The van der Waals surface area contributed by atoms with E-state index < -0.39 is 42.2 Å². The smallest absolute Gasteiger partial charge is 0.410 e. The van der Waals surface area contributed by atoms with Crippen LogP contribution in [-0.2, 0) is 11.2 Å². The number of hydrogen-bond acceptors (Lipinski definition) is 12. The molecule has 2 aromatic heterocycles. The van der Waals surface area contributed by atoms with Gasteiger partial charge in [0, 0.05) is 31.6 Å². The Bertz CT molecular complexity index is 1360. The van der Waals surface area contributed by atoms with E-state index in [-0.39, 0.29) is 17.3 Å². The van der Waals surface area contributed by atoms with Crippen LogP contribution in [0, 0.1) is 16.0 Å². The number of nitrogens with zero attached hydrogens (tertiary/aromatic N) is 6. The third kappa shape index (κ3) is 5.67. The highest BCUT2D eigenvalue weighted by atomic mass is 16.6. The van der Waals surface area contributed by atoms with Crippen molar-refractivity contribution in [1.29, 1.82) is 0 Å². The number of nitrogen functional groups attached to an aromatic ring is 1. The lowest BCUT2D eigenvalue weighted by molar-refractivity contribution is -0.384. The molecule has 0 radical (unpaired) electrons. The molecule has 214 valence electrons. The molecule has 0 unspecified atom stereocenters. The van der Waals surface area contributed by atoms with E-state index in [1.165, 1.54) is 35.2 Å². The first kappa shape index (κ1) is 27.6. The fourth-order valence-corrected chi connectivity index (χ4v) is 5.15. The number of benzene rings is 1. The molecular weight excluding hydrogens is 526 g/mol. The number of ether oxygens (including phenoxy) is 2. The van der Waals surface area contributed by atoms with Crippen LogP contribution in [0.2, 0.25) is 0 Å². The molecule has 4 atom stereocenters. The first-order valence-corrected chi connectivity index (χ1v) is 13.1. The largest absolute Gasteiger partial charge is 0.415 e. The van der Waals surface area contributed by atoms with Crippen LogP contribution < -0.4 is 10.5 Å². The number of likely N-dealkylation sites (tertiary alicyclic amines) is 1. The van der Waals surface area contributed by atoms with E-state index in [1.54, 1.807) is 4.90 Å². The maximum Gasteiger partial charge on any atom is 0.415 e. The minimum absolute atomic E-state index is 0.0723. The lowest BCUT2D eigenvalue weighted by Gasteiger charge is -2.31. The number of aliphatic hydroxyl groups is 3. The number of aryl methyl sites for hydroxylation is 1. The van der Waals surface area contributed by atoms with E-state index in [9.17, 15) is 30.2 Å². The molecule has 15 heteroatoms. The van der Waals surface area contributed by atoms with Crippen LogP contribution >= 0.6 is 0 Å². The zero-order valence-corrected chi connectivity index (χ0v) is 21.6. The lowest BCUT2D eigenvalue weighted by Crippen LogP contribution is -2.40. The molecule has 5 N–H and O–H groups in total. The van der Waals surface area contributed by atoms with Crippen LogP contribution in [0.3, 0.4) is 0 Å². The number of anilines is 1. The zero-order chi connectivity index (χ0) is 28.4. The summed E-state index contributed by atoms with van der Waals surface area (Å²) in [6.07, 6.45) is 0.409. The molecule has 1 amide bonds. The van der Waals surface area contributed by atoms with Crippen molar-refractivity contribution in [3.05, 3.63) is 46.5 Å². The number of nitro groups is 1. The van der Waals surface area contributed by atoms with Gasteiger partial charge in [0.1, 0.15) is 35.4 Å². The first-order valence-electron chi connectivity index (χ1n) is 13.1. The van der Waals surface area contributed by atoms with E-state index in [2.05, 4.69) is 15.0 Å². The molecule has 0 saturated carbocycles. The number of hydrogen-bond donors (Lipinski definition) is 4. The summed E-state index contributed by atoms with van der Waals surface area (Å²) < 4.78 is 12.5. The van der Waals surface area contributed by atoms with E-state index >= 15 is 0 Å². The maximum absolute atomic E-state index is 12.5. The van der Waals surface area contributed by atoms with Crippen LogP contribution in [0.4, 0.5) is 16.3 Å². The summed E-state index contributed by atoms with van der Waals surface area (Å²) in [5.74, 6) is 1.38. The Morgan fingerprint density at radius 3 is 2.55 bits per heavy atom. The van der Waals surface area contributed by atoms with Crippen molar-refractivity contribution in [2.75, 3.05) is 25.4 Å². The number of nitrogens with two attached hydrogens (primary N) is 1. The number of fused-ring (bicyclic) bond motifs is 1. The van der Waals surface area contributed by atoms with Crippen molar-refractivity contribution in [3.8, 4) is 5.75 Å². The number of nitro benzene ring substituents is 1. The molecule has 5 rings (SSSR count). The number of rotatable bonds is 8. The van der Waals surface area contributed by atoms with Crippen molar-refractivity contribution < 1.29 is 34.5 Å². The zero-order valence-electron chi connectivity index (χ0n) is 21.6. The Labute approximate surface area is 228 Å². The minimum atomic E-state index is -1.27. The third-order valence-corrected chi connectivity index (χ3v) is 7.42. The van der Waals surface area contributed by atoms with Crippen molar-refractivity contribution in [2.45, 2.75) is 56.6 Å². The number of carbonyl (C=O) groups excluding carboxylic acids is 1. The average molecular weight is 558 g/mol. The van der Waals surface area contributed by atoms with Crippen LogP contribution in [-0.4, -0.2) is 88.8 Å². The van der Waals surface area contributed by atoms with E-state index in [0.29, 0.717) is 42.4 Å². The van der Waals surface area contributed by atoms with Gasteiger partial charge in [-0.15, -0.1) is 0 Å². The van der Waals surface area contributed by atoms with Crippen LogP contribution in [0.15, 0.2) is 30.6 Å². The summed E-state index contributed by atoms with van der Waals surface area (Å²) in [5.41, 5.74) is 6.78. The average Bonchev–Trinajstić information content (AvgIpc) is 3.50. The fraction of sp³-hybridized carbons (Fsp3) is 0.520. The summed E-state index contributed by atoms with van der Waals surface area (Å²) in [4.78, 5) is 37.6. The minimum Gasteiger partial charge on any atom is -0.410 e. The van der Waals surface area contributed by atoms with Crippen molar-refractivity contribution in [2.24, 2.45) is 5.92 Å². The molecule has 3 aromatic rings. The van der Waals surface area contributed by atoms with Gasteiger partial charge in [-0.2, -0.15) is 0 Å². The first-order chi connectivity index (χ1) is 19.2. The number of aromatic nitrogens is 4. The molecule has 0 aliphatic carbocycles. The SMILES string of the molecule is Nc1nc(CCCC2CCN(C(=O)Oc3ccc([N+](=O)[O-])cc3)CC2)nc2c1ncn2[C@@H]1O[C@H](CO)[C@@H](O)[C@H]1O. The van der Waals surface area contributed by atoms with Crippen molar-refractivity contribution in [3.63, 3.8) is 0 Å². The van der Waals surface area contributed by atoms with Gasteiger partial charge in [0.05, 0.1) is 17.9 Å². The number of aliphatic hydroxyl groups excluding tert-OH is 3. The van der Waals surface area contributed by atoms with E-state index in [0.717, 1.165) is 25.7 Å². The molecule has 1 aromatic carbocycles. The molecule has 2 fully saturated rings. The maximum atomic E-state index is 12.5. The fourth-order valence-electron chi connectivity index (χ4n) is 5.15. The predicted octanol–water partition coefficient (Wildman–Crippen LogP) is 1.16. The summed E-state index contributed by atoms with van der Waals surface area (Å²) in [6.45, 7) is 0.661. The highest BCUT2D eigenvalue weighted by molar-refractivity contribution is 5.81. The molecule has 2 saturated heterocycles. The van der Waals surface area contributed by atoms with Crippen LogP contribution in [0.25, 0.3) is 11.2 Å². The Morgan fingerprint density at radius 2 is 1.90 bits per heavy atom. The van der Waals surface area contributed by atoms with Gasteiger partial charge >= 0.3 is 6.09 Å².